The summed E-state index contributed by atoms with van der Waals surface area (Å²) in [4.78, 5) is 41.3. The number of rotatable bonds is 5. The van der Waals surface area contributed by atoms with E-state index in [1.807, 2.05) is 11.0 Å². The molecule has 1 unspecified atom stereocenters. The Kier molecular flexibility index (Phi) is 5.28. The van der Waals surface area contributed by atoms with Crippen LogP contribution >= 0.6 is 0 Å². The summed E-state index contributed by atoms with van der Waals surface area (Å²) in [6.45, 7) is 1.33. The molecule has 2 N–H and O–H groups in total. The third-order valence-electron chi connectivity index (χ3n) is 6.51. The number of anilines is 3. The number of hydrogen-bond donors (Lipinski definition) is 2. The number of nitriles is 1. The van der Waals surface area contributed by atoms with Crippen molar-refractivity contribution < 1.29 is 14.0 Å². The molecule has 33 heavy (non-hydrogen) atoms. The van der Waals surface area contributed by atoms with Crippen molar-refractivity contribution >= 4 is 29.3 Å². The van der Waals surface area contributed by atoms with Crippen LogP contribution < -0.4 is 15.5 Å². The van der Waals surface area contributed by atoms with Gasteiger partial charge in [-0.1, -0.05) is 0 Å². The second kappa shape index (κ2) is 8.27. The molecule has 0 aromatic carbocycles. The maximum atomic E-state index is 14.2. The van der Waals surface area contributed by atoms with Gasteiger partial charge in [0.05, 0.1) is 29.8 Å². The van der Waals surface area contributed by atoms with Crippen molar-refractivity contribution in [3.05, 3.63) is 36.0 Å². The quantitative estimate of drug-likeness (QED) is 0.701. The molecule has 2 aliphatic heterocycles. The molecule has 2 aromatic heterocycles. The van der Waals surface area contributed by atoms with Crippen LogP contribution in [-0.4, -0.2) is 63.9 Å². The minimum atomic E-state index is -0.748. The van der Waals surface area contributed by atoms with Crippen LogP contribution in [0.15, 0.2) is 24.5 Å². The van der Waals surface area contributed by atoms with E-state index >= 15 is 0 Å². The van der Waals surface area contributed by atoms with E-state index < -0.39 is 11.7 Å². The van der Waals surface area contributed by atoms with Crippen LogP contribution in [0, 0.1) is 29.0 Å². The Morgan fingerprint density at radius 2 is 2.00 bits per heavy atom. The lowest BCUT2D eigenvalue weighted by atomic mass is 10.1. The highest BCUT2D eigenvalue weighted by Crippen LogP contribution is 2.43. The van der Waals surface area contributed by atoms with E-state index in [4.69, 9.17) is 5.26 Å². The third-order valence-corrected chi connectivity index (χ3v) is 6.51. The molecule has 0 radical (unpaired) electrons. The van der Waals surface area contributed by atoms with Crippen LogP contribution in [-0.2, 0) is 4.79 Å². The van der Waals surface area contributed by atoms with Gasteiger partial charge in [0.15, 0.2) is 11.5 Å². The predicted octanol–water partition coefficient (Wildman–Crippen LogP) is 1.45. The molecule has 2 bridgehead atoms. The van der Waals surface area contributed by atoms with Crippen LogP contribution in [0.5, 0.6) is 0 Å². The molecule has 4 heterocycles. The maximum absolute atomic E-state index is 14.2. The molecule has 1 aliphatic carbocycles. The Hall–Kier alpha value is -3.81. The second-order valence-corrected chi connectivity index (χ2v) is 8.61. The van der Waals surface area contributed by atoms with Crippen molar-refractivity contribution in [2.45, 2.75) is 31.3 Å². The first-order valence-electron chi connectivity index (χ1n) is 10.9. The number of carbonyl (C=O) groups excluding carboxylic acids is 2. The zero-order chi connectivity index (χ0) is 23.1. The molecule has 5 rings (SSSR count). The summed E-state index contributed by atoms with van der Waals surface area (Å²) in [5, 5.41) is 14.3. The van der Waals surface area contributed by atoms with Crippen molar-refractivity contribution in [2.24, 2.45) is 11.8 Å². The van der Waals surface area contributed by atoms with Crippen LogP contribution in [0.25, 0.3) is 0 Å². The first-order valence-corrected chi connectivity index (χ1v) is 10.9. The Morgan fingerprint density at radius 1 is 1.24 bits per heavy atom. The monoisotopic (exact) mass is 450 g/mol. The number of fused-ring (bicyclic) bond motifs is 2. The first kappa shape index (κ1) is 21.1. The van der Waals surface area contributed by atoms with Gasteiger partial charge in [0.2, 0.25) is 11.9 Å². The Balaban J connectivity index is 1.28. The fraction of sp³-hybridized carbons (Fsp3) is 0.455. The van der Waals surface area contributed by atoms with Gasteiger partial charge < -0.3 is 20.4 Å². The lowest BCUT2D eigenvalue weighted by Gasteiger charge is -2.41. The molecule has 10 nitrogen and oxygen atoms in total. The average molecular weight is 450 g/mol. The van der Waals surface area contributed by atoms with E-state index in [0.717, 1.165) is 12.8 Å². The van der Waals surface area contributed by atoms with Gasteiger partial charge in [-0.15, -0.1) is 0 Å². The van der Waals surface area contributed by atoms with E-state index in [1.165, 1.54) is 19.3 Å². The zero-order valence-corrected chi connectivity index (χ0v) is 18.0. The number of halogens is 1. The maximum Gasteiger partial charge on any atom is 0.272 e. The molecule has 2 aromatic rings. The third kappa shape index (κ3) is 3.92. The van der Waals surface area contributed by atoms with E-state index in [0.29, 0.717) is 31.0 Å². The van der Waals surface area contributed by atoms with E-state index in [9.17, 15) is 14.0 Å². The van der Waals surface area contributed by atoms with Crippen LogP contribution in [0.4, 0.5) is 21.8 Å². The lowest BCUT2D eigenvalue weighted by molar-refractivity contribution is -0.136. The van der Waals surface area contributed by atoms with Crippen molar-refractivity contribution in [2.75, 3.05) is 30.4 Å². The topological polar surface area (TPSA) is 127 Å². The Labute approximate surface area is 189 Å². The number of carbonyl (C=O) groups is 2. The van der Waals surface area contributed by atoms with E-state index in [2.05, 4.69) is 36.6 Å². The fourth-order valence-electron chi connectivity index (χ4n) is 4.76. The van der Waals surface area contributed by atoms with Gasteiger partial charge in [0.1, 0.15) is 5.82 Å². The molecule has 3 aliphatic rings. The number of nitrogens with zero attached hydrogens (tertiary/aromatic N) is 6. The second-order valence-electron chi connectivity index (χ2n) is 8.61. The predicted molar refractivity (Wildman–Crippen MR) is 116 cm³/mol. The van der Waals surface area contributed by atoms with Gasteiger partial charge in [0, 0.05) is 44.5 Å². The summed E-state index contributed by atoms with van der Waals surface area (Å²) >= 11 is 0. The molecule has 11 heteroatoms. The molecule has 0 spiro atoms. The molecule has 170 valence electrons. The highest BCUT2D eigenvalue weighted by molar-refractivity contribution is 5.92. The zero-order valence-electron chi connectivity index (χ0n) is 18.0. The fourth-order valence-corrected chi connectivity index (χ4v) is 4.76. The molecule has 1 saturated carbocycles. The standard InChI is InChI=1S/C22H23FN8O2/c1-25-20(32)19-17(23)7-13(9-27-19)28-22-26-5-4-18(29-22)30-10-14-2-3-15(11-30)31(14)21(33)16-6-12(16)8-24/h4-5,7,9,12,14-16H,2-3,6,10-11H2,1H3,(H,25,32)(H,26,28,29)/t12-,14+,15?,16+/m0/s1. The summed E-state index contributed by atoms with van der Waals surface area (Å²) < 4.78 is 14.2. The van der Waals surface area contributed by atoms with Gasteiger partial charge >= 0.3 is 0 Å². The van der Waals surface area contributed by atoms with Gasteiger partial charge in [-0.3, -0.25) is 9.59 Å². The number of nitrogens with one attached hydrogen (secondary N) is 2. The summed E-state index contributed by atoms with van der Waals surface area (Å²) in [5.41, 5.74) is 0.0390. The van der Waals surface area contributed by atoms with Gasteiger partial charge in [-0.25, -0.2) is 14.4 Å². The summed E-state index contributed by atoms with van der Waals surface area (Å²) in [7, 11) is 1.41. The normalized spacial score (nSPS) is 25.4. The van der Waals surface area contributed by atoms with Crippen LogP contribution in [0.3, 0.4) is 0 Å². The SMILES string of the molecule is CNC(=O)c1ncc(Nc2nccc(N3CC4CC[C@H](C3)N4C(=O)[C@@H]3C[C@H]3C#N)n2)cc1F. The number of amides is 2. The molecule has 2 amide bonds. The minimum absolute atomic E-state index is 0.109. The Bertz CT molecular complexity index is 1140. The van der Waals surface area contributed by atoms with E-state index in [1.54, 1.807) is 6.20 Å². The van der Waals surface area contributed by atoms with Gasteiger partial charge in [-0.05, 0) is 25.3 Å². The molecular weight excluding hydrogens is 427 g/mol. The number of hydrogen-bond acceptors (Lipinski definition) is 8. The summed E-state index contributed by atoms with van der Waals surface area (Å²) in [6, 6.07) is 5.40. The van der Waals surface area contributed by atoms with Gasteiger partial charge in [-0.2, -0.15) is 10.2 Å². The van der Waals surface area contributed by atoms with Crippen molar-refractivity contribution in [3.8, 4) is 6.07 Å². The smallest absolute Gasteiger partial charge is 0.272 e. The molecule has 3 fully saturated rings. The summed E-state index contributed by atoms with van der Waals surface area (Å²) in [5.74, 6) is -0.501. The summed E-state index contributed by atoms with van der Waals surface area (Å²) in [6.07, 6.45) is 5.52. The highest BCUT2D eigenvalue weighted by Gasteiger charge is 2.51. The molecular formula is C22H23FN8O2. The van der Waals surface area contributed by atoms with Crippen molar-refractivity contribution in [3.63, 3.8) is 0 Å². The number of aromatic nitrogens is 3. The van der Waals surface area contributed by atoms with Crippen molar-refractivity contribution in [1.82, 2.24) is 25.2 Å². The first-order chi connectivity index (χ1) is 16.0. The van der Waals surface area contributed by atoms with Crippen molar-refractivity contribution in [1.29, 1.82) is 5.26 Å². The van der Waals surface area contributed by atoms with Gasteiger partial charge in [0.25, 0.3) is 5.91 Å². The largest absolute Gasteiger partial charge is 0.354 e. The molecule has 4 atom stereocenters. The lowest BCUT2D eigenvalue weighted by Crippen LogP contribution is -2.56. The Morgan fingerprint density at radius 3 is 2.64 bits per heavy atom. The average Bonchev–Trinajstić information content (AvgIpc) is 3.57. The highest BCUT2D eigenvalue weighted by atomic mass is 19.1. The minimum Gasteiger partial charge on any atom is -0.354 e. The number of piperazine rings is 1. The van der Waals surface area contributed by atoms with Crippen LogP contribution in [0.1, 0.15) is 29.8 Å². The number of pyridine rings is 1. The van der Waals surface area contributed by atoms with Crippen LogP contribution in [0.2, 0.25) is 0 Å². The van der Waals surface area contributed by atoms with E-state index in [-0.39, 0.29) is 41.5 Å². The molecule has 2 saturated heterocycles.